The normalized spacial score (nSPS) is 11.7. The molecule has 0 aliphatic heterocycles. The zero-order valence-electron chi connectivity index (χ0n) is 25.5. The van der Waals surface area contributed by atoms with Crippen LogP contribution in [0.4, 0.5) is 0 Å². The van der Waals surface area contributed by atoms with E-state index in [0.717, 1.165) is 40.3 Å². The van der Waals surface area contributed by atoms with Crippen LogP contribution in [-0.2, 0) is 29.3 Å². The average Bonchev–Trinajstić information content (AvgIpc) is 3.44. The molecule has 1 amide bonds. The largest absolute Gasteiger partial charge is 1.00 e. The molecule has 0 spiro atoms. The third-order valence-corrected chi connectivity index (χ3v) is 7.52. The van der Waals surface area contributed by atoms with E-state index in [0.29, 0.717) is 30.1 Å². The number of ether oxygens (including phenoxy) is 1. The Morgan fingerprint density at radius 2 is 1.67 bits per heavy atom. The minimum Gasteiger partial charge on any atom is -0.548 e. The summed E-state index contributed by atoms with van der Waals surface area (Å²) in [6.07, 6.45) is 2.18. The summed E-state index contributed by atoms with van der Waals surface area (Å²) in [4.78, 5) is 27.0. The number of hydrogen-bond acceptors (Lipinski definition) is 7. The van der Waals surface area contributed by atoms with E-state index in [1.54, 1.807) is 6.07 Å². The molecule has 0 saturated carbocycles. The van der Waals surface area contributed by atoms with Gasteiger partial charge in [-0.2, -0.15) is 11.8 Å². The number of carbonyl (C=O) groups is 2. The molecule has 4 aromatic rings. The van der Waals surface area contributed by atoms with E-state index in [9.17, 15) is 14.7 Å². The second-order valence-corrected chi connectivity index (χ2v) is 11.5. The third kappa shape index (κ3) is 9.62. The Hall–Kier alpha value is -3.25. The molecule has 3 aromatic carbocycles. The fourth-order valence-electron chi connectivity index (χ4n) is 4.72. The number of benzene rings is 3. The number of furan rings is 1. The molecule has 1 N–H and O–H groups in total. The quantitative estimate of drug-likeness (QED) is 0.225. The van der Waals surface area contributed by atoms with E-state index in [4.69, 9.17) is 9.15 Å². The smallest absolute Gasteiger partial charge is 0.548 e. The van der Waals surface area contributed by atoms with Crippen molar-refractivity contribution in [1.29, 1.82) is 0 Å². The molecule has 0 aliphatic carbocycles. The zero-order valence-corrected chi connectivity index (χ0v) is 26.3. The summed E-state index contributed by atoms with van der Waals surface area (Å²) in [6, 6.07) is 24.4. The number of thioether (sulfide) groups is 1. The molecule has 0 bridgehead atoms. The number of amides is 1. The van der Waals surface area contributed by atoms with Crippen LogP contribution in [0.1, 0.15) is 39.2 Å². The number of carboxylic acids is 1. The molecule has 0 radical (unpaired) electrons. The molecule has 9 heteroatoms. The maximum absolute atomic E-state index is 13.3. The average molecular weight is 593 g/mol. The molecule has 0 saturated heterocycles. The predicted octanol–water partition coefficient (Wildman–Crippen LogP) is 2.31. The zero-order chi connectivity index (χ0) is 30.1. The van der Waals surface area contributed by atoms with Gasteiger partial charge in [0.1, 0.15) is 18.1 Å². The maximum Gasteiger partial charge on any atom is 1.00 e. The van der Waals surface area contributed by atoms with Gasteiger partial charge in [0.25, 0.3) is 5.91 Å². The van der Waals surface area contributed by atoms with Crippen LogP contribution in [0, 0.1) is 6.92 Å². The van der Waals surface area contributed by atoms with Crippen molar-refractivity contribution in [2.45, 2.75) is 39.1 Å². The van der Waals surface area contributed by atoms with Gasteiger partial charge in [0.2, 0.25) is 0 Å². The summed E-state index contributed by atoms with van der Waals surface area (Å²) < 4.78 is 12.0. The molecule has 0 fully saturated rings. The van der Waals surface area contributed by atoms with Gasteiger partial charge in [-0.05, 0) is 91.5 Å². The summed E-state index contributed by atoms with van der Waals surface area (Å²) in [5.41, 5.74) is 6.14. The SMILES string of the molecule is CSCC[C@H](NC(=O)c1ccc(COCc2ccc(-c3ccc(CN(C)C)cc3)o2)cc1-c1ccccc1C)C(=O)[O-].[Li+]. The predicted molar refractivity (Wildman–Crippen MR) is 166 cm³/mol. The van der Waals surface area contributed by atoms with Crippen molar-refractivity contribution in [2.75, 3.05) is 26.1 Å². The molecule has 4 rings (SSSR count). The van der Waals surface area contributed by atoms with E-state index in [1.165, 1.54) is 17.3 Å². The number of carboxylic acid groups (broad SMARTS) is 1. The Kier molecular flexibility index (Phi) is 13.2. The Balaban J connectivity index is 0.00000506. The van der Waals surface area contributed by atoms with Crippen molar-refractivity contribution >= 4 is 23.6 Å². The van der Waals surface area contributed by atoms with E-state index in [-0.39, 0.29) is 25.3 Å². The molecule has 7 nitrogen and oxygen atoms in total. The van der Waals surface area contributed by atoms with Crippen LogP contribution < -0.4 is 29.3 Å². The van der Waals surface area contributed by atoms with Crippen LogP contribution in [0.15, 0.2) is 83.3 Å². The Morgan fingerprint density at radius 1 is 0.953 bits per heavy atom. The minimum absolute atomic E-state index is 0. The molecule has 0 unspecified atom stereocenters. The minimum atomic E-state index is -1.29. The standard InChI is InChI=1S/C34H38N2O5S.Li/c1-23-7-5-6-8-28(23)30-19-25(11-15-29(30)33(37)35-31(34(38)39)17-18-42-4)21-40-22-27-14-16-32(41-27)26-12-9-24(10-13-26)20-36(2)3;/h5-16,19,31H,17-18,20-22H2,1-4H3,(H,35,37)(H,38,39);/q;+1/p-1/t31-;/m0./s1. The van der Waals surface area contributed by atoms with Crippen LogP contribution >= 0.6 is 11.8 Å². The van der Waals surface area contributed by atoms with Crippen LogP contribution in [0.2, 0.25) is 0 Å². The first-order valence-electron chi connectivity index (χ1n) is 13.8. The van der Waals surface area contributed by atoms with E-state index >= 15 is 0 Å². The first-order chi connectivity index (χ1) is 20.2. The number of carbonyl (C=O) groups excluding carboxylic acids is 2. The van der Waals surface area contributed by atoms with Gasteiger partial charge in [0.15, 0.2) is 0 Å². The topological polar surface area (TPSA) is 94.8 Å². The van der Waals surface area contributed by atoms with Gasteiger partial charge >= 0.3 is 18.9 Å². The molecule has 1 heterocycles. The fourth-order valence-corrected chi connectivity index (χ4v) is 5.19. The van der Waals surface area contributed by atoms with Gasteiger partial charge in [-0.25, -0.2) is 0 Å². The monoisotopic (exact) mass is 592 g/mol. The van der Waals surface area contributed by atoms with Crippen LogP contribution in [-0.4, -0.2) is 48.9 Å². The Bertz CT molecular complexity index is 1500. The van der Waals surface area contributed by atoms with Crippen LogP contribution in [0.5, 0.6) is 0 Å². The number of nitrogens with zero attached hydrogens (tertiary/aromatic N) is 1. The van der Waals surface area contributed by atoms with Crippen molar-refractivity contribution in [3.8, 4) is 22.5 Å². The number of hydrogen-bond donors (Lipinski definition) is 1. The van der Waals surface area contributed by atoms with Crippen molar-refractivity contribution in [3.05, 3.63) is 107 Å². The molecule has 1 atom stereocenters. The van der Waals surface area contributed by atoms with E-state index in [2.05, 4.69) is 34.5 Å². The van der Waals surface area contributed by atoms with Crippen molar-refractivity contribution in [3.63, 3.8) is 0 Å². The maximum atomic E-state index is 13.3. The van der Waals surface area contributed by atoms with Gasteiger partial charge in [-0.3, -0.25) is 4.79 Å². The third-order valence-electron chi connectivity index (χ3n) is 6.88. The molecule has 43 heavy (non-hydrogen) atoms. The van der Waals surface area contributed by atoms with Crippen molar-refractivity contribution in [1.82, 2.24) is 10.2 Å². The fraction of sp³-hybridized carbons (Fsp3) is 0.294. The van der Waals surface area contributed by atoms with Crippen LogP contribution in [0.3, 0.4) is 0 Å². The number of aliphatic carboxylic acids is 1. The van der Waals surface area contributed by atoms with E-state index in [1.807, 2.05) is 75.8 Å². The second kappa shape index (κ2) is 16.6. The van der Waals surface area contributed by atoms with Gasteiger partial charge in [-0.15, -0.1) is 0 Å². The first-order valence-corrected chi connectivity index (χ1v) is 15.2. The van der Waals surface area contributed by atoms with E-state index < -0.39 is 17.9 Å². The van der Waals surface area contributed by atoms with Crippen molar-refractivity contribution in [2.24, 2.45) is 0 Å². The second-order valence-electron chi connectivity index (χ2n) is 10.5. The molecule has 220 valence electrons. The molecule has 1 aromatic heterocycles. The first kappa shape index (κ1) is 34.2. The molecular formula is C34H37LiN2O5S. The Morgan fingerprint density at radius 3 is 2.35 bits per heavy atom. The summed E-state index contributed by atoms with van der Waals surface area (Å²) in [6.45, 7) is 3.47. The van der Waals surface area contributed by atoms with Gasteiger partial charge in [-0.1, -0.05) is 54.6 Å². The number of nitrogens with one attached hydrogen (secondary N) is 1. The summed E-state index contributed by atoms with van der Waals surface area (Å²) in [5.74, 6) is 0.363. The summed E-state index contributed by atoms with van der Waals surface area (Å²) >= 11 is 1.52. The molecule has 0 aliphatic rings. The molecular weight excluding hydrogens is 555 g/mol. The van der Waals surface area contributed by atoms with Gasteiger partial charge in [0.05, 0.1) is 18.6 Å². The number of aryl methyl sites for hydroxylation is 1. The number of rotatable bonds is 14. The van der Waals surface area contributed by atoms with Crippen LogP contribution in [0.25, 0.3) is 22.5 Å². The van der Waals surface area contributed by atoms with Gasteiger partial charge < -0.3 is 29.3 Å². The van der Waals surface area contributed by atoms with Crippen molar-refractivity contribution < 1.29 is 42.7 Å². The summed E-state index contributed by atoms with van der Waals surface area (Å²) in [5, 5.41) is 14.3. The Labute approximate surface area is 270 Å². The summed E-state index contributed by atoms with van der Waals surface area (Å²) in [7, 11) is 4.09. The van der Waals surface area contributed by atoms with Gasteiger partial charge in [0, 0.05) is 17.7 Å².